The van der Waals surface area contributed by atoms with Gasteiger partial charge in [-0.1, -0.05) is 24.3 Å². The van der Waals surface area contributed by atoms with Crippen molar-refractivity contribution in [3.8, 4) is 0 Å². The molecule has 9 heteroatoms. The predicted octanol–water partition coefficient (Wildman–Crippen LogP) is 4.24. The van der Waals surface area contributed by atoms with Gasteiger partial charge in [-0.25, -0.2) is 19.0 Å². The third-order valence-electron chi connectivity index (χ3n) is 3.37. The van der Waals surface area contributed by atoms with E-state index in [0.29, 0.717) is 11.6 Å². The number of halogens is 2. The number of rotatable bonds is 4. The first kappa shape index (κ1) is 15.7. The fraction of sp³-hybridized carbons (Fsp3) is 0. The van der Waals surface area contributed by atoms with Gasteiger partial charge in [0.2, 0.25) is 11.3 Å². The third-order valence-corrected chi connectivity index (χ3v) is 4.31. The molecule has 0 aliphatic heterocycles. The molecule has 0 atom stereocenters. The number of nitrogens with one attached hydrogen (secondary N) is 2. The van der Waals surface area contributed by atoms with Crippen molar-refractivity contribution in [2.24, 2.45) is 0 Å². The average Bonchev–Trinajstić information content (AvgIpc) is 3.06. The Labute approximate surface area is 154 Å². The largest absolute Gasteiger partial charge is 0.336 e. The fourth-order valence-corrected chi connectivity index (χ4v) is 2.71. The highest BCUT2D eigenvalue weighted by Crippen LogP contribution is 2.29. The van der Waals surface area contributed by atoms with Crippen molar-refractivity contribution in [1.29, 1.82) is 0 Å². The minimum absolute atomic E-state index is 0.229. The molecule has 0 spiro atoms. The van der Waals surface area contributed by atoms with Crippen LogP contribution in [0.5, 0.6) is 0 Å². The number of aromatic nitrogens is 4. The summed E-state index contributed by atoms with van der Waals surface area (Å²) in [6, 6.07) is 14.0. The van der Waals surface area contributed by atoms with Gasteiger partial charge >= 0.3 is 0 Å². The second-order valence-corrected chi connectivity index (χ2v) is 6.20. The summed E-state index contributed by atoms with van der Waals surface area (Å²) in [5, 5.41) is 13.5. The minimum Gasteiger partial charge on any atom is -0.336 e. The Balaban J connectivity index is 1.78. The molecule has 0 aliphatic carbocycles. The van der Waals surface area contributed by atoms with Crippen LogP contribution in [0.25, 0.3) is 11.3 Å². The molecule has 0 amide bonds. The van der Waals surface area contributed by atoms with Gasteiger partial charge in [0.25, 0.3) is 0 Å². The van der Waals surface area contributed by atoms with Gasteiger partial charge in [-0.15, -0.1) is 0 Å². The van der Waals surface area contributed by atoms with Gasteiger partial charge in [0.05, 0.1) is 11.4 Å². The van der Waals surface area contributed by atoms with E-state index in [0.717, 1.165) is 9.26 Å². The maximum atomic E-state index is 14.0. The van der Waals surface area contributed by atoms with Crippen LogP contribution >= 0.6 is 22.6 Å². The van der Waals surface area contributed by atoms with Gasteiger partial charge in [-0.05, 0) is 57.2 Å². The van der Waals surface area contributed by atoms with E-state index in [9.17, 15) is 4.39 Å². The van der Waals surface area contributed by atoms with Gasteiger partial charge in [0.1, 0.15) is 5.82 Å². The quantitative estimate of drug-likeness (QED) is 0.452. The number of anilines is 4. The Morgan fingerprint density at radius 2 is 1.36 bits per heavy atom. The number of para-hydroxylation sites is 2. The van der Waals surface area contributed by atoms with E-state index >= 15 is 0 Å². The molecule has 2 aromatic heterocycles. The molecule has 4 rings (SSSR count). The Morgan fingerprint density at radius 1 is 0.800 bits per heavy atom. The standard InChI is InChI=1S/C16H10FIN6O/c17-9-5-1-3-7-11(9)19-13-14(20-12-8-4-2-6-10(12)18)22-16-15(21-13)23-25-24-16/h1-8H,(H,19,21,23)(H,20,22,24). The molecule has 2 aromatic carbocycles. The molecule has 0 bridgehead atoms. The second-order valence-electron chi connectivity index (χ2n) is 5.04. The summed E-state index contributed by atoms with van der Waals surface area (Å²) in [5.41, 5.74) is 1.60. The first-order valence-corrected chi connectivity index (χ1v) is 8.32. The lowest BCUT2D eigenvalue weighted by Gasteiger charge is -2.13. The van der Waals surface area contributed by atoms with Crippen LogP contribution in [0.3, 0.4) is 0 Å². The molecule has 124 valence electrons. The summed E-state index contributed by atoms with van der Waals surface area (Å²) in [6.07, 6.45) is 0. The summed E-state index contributed by atoms with van der Waals surface area (Å²) < 4.78 is 19.6. The van der Waals surface area contributed by atoms with Crippen molar-refractivity contribution in [2.45, 2.75) is 0 Å². The van der Waals surface area contributed by atoms with Gasteiger partial charge in [-0.3, -0.25) is 0 Å². The van der Waals surface area contributed by atoms with Gasteiger partial charge in [0, 0.05) is 3.57 Å². The molecule has 0 unspecified atom stereocenters. The average molecular weight is 448 g/mol. The van der Waals surface area contributed by atoms with Gasteiger partial charge in [0.15, 0.2) is 11.6 Å². The predicted molar refractivity (Wildman–Crippen MR) is 99.5 cm³/mol. The number of benzene rings is 2. The SMILES string of the molecule is Fc1ccccc1Nc1nc2nonc2nc1Nc1ccccc1I. The zero-order valence-corrected chi connectivity index (χ0v) is 14.7. The Morgan fingerprint density at radius 3 is 2.00 bits per heavy atom. The molecular formula is C16H10FIN6O. The molecular weight excluding hydrogens is 438 g/mol. The van der Waals surface area contributed by atoms with E-state index < -0.39 is 5.82 Å². The minimum atomic E-state index is -0.400. The first-order valence-electron chi connectivity index (χ1n) is 7.24. The summed E-state index contributed by atoms with van der Waals surface area (Å²) in [4.78, 5) is 8.69. The van der Waals surface area contributed by atoms with Crippen molar-refractivity contribution in [2.75, 3.05) is 10.6 Å². The van der Waals surface area contributed by atoms with Crippen LogP contribution in [0.4, 0.5) is 27.4 Å². The van der Waals surface area contributed by atoms with E-state index in [1.807, 2.05) is 24.3 Å². The fourth-order valence-electron chi connectivity index (χ4n) is 2.19. The summed E-state index contributed by atoms with van der Waals surface area (Å²) in [6.45, 7) is 0. The van der Waals surface area contributed by atoms with Crippen molar-refractivity contribution in [3.63, 3.8) is 0 Å². The first-order chi connectivity index (χ1) is 12.2. The molecule has 7 nitrogen and oxygen atoms in total. The topological polar surface area (TPSA) is 88.8 Å². The smallest absolute Gasteiger partial charge is 0.245 e. The molecule has 0 fully saturated rings. The molecule has 0 aliphatic rings. The van der Waals surface area contributed by atoms with Crippen molar-refractivity contribution >= 4 is 56.9 Å². The van der Waals surface area contributed by atoms with Gasteiger partial charge < -0.3 is 10.6 Å². The lowest BCUT2D eigenvalue weighted by Crippen LogP contribution is -2.05. The molecule has 4 aromatic rings. The lowest BCUT2D eigenvalue weighted by atomic mass is 10.3. The summed E-state index contributed by atoms with van der Waals surface area (Å²) >= 11 is 2.21. The maximum absolute atomic E-state index is 14.0. The number of hydrogen-bond acceptors (Lipinski definition) is 7. The third kappa shape index (κ3) is 3.22. The van der Waals surface area contributed by atoms with Gasteiger partial charge in [-0.2, -0.15) is 0 Å². The maximum Gasteiger partial charge on any atom is 0.245 e. The van der Waals surface area contributed by atoms with E-state index in [1.54, 1.807) is 18.2 Å². The van der Waals surface area contributed by atoms with E-state index in [1.165, 1.54) is 6.07 Å². The molecule has 2 N–H and O–H groups in total. The van der Waals surface area contributed by atoms with Crippen LogP contribution in [-0.4, -0.2) is 20.3 Å². The summed E-state index contributed by atoms with van der Waals surface area (Å²) in [5.74, 6) is 0.298. The van der Waals surface area contributed by atoms with Crippen molar-refractivity contribution in [3.05, 3.63) is 57.9 Å². The lowest BCUT2D eigenvalue weighted by molar-refractivity contribution is 0.314. The van der Waals surface area contributed by atoms with Crippen molar-refractivity contribution < 1.29 is 9.02 Å². The monoisotopic (exact) mass is 448 g/mol. The van der Waals surface area contributed by atoms with Crippen LogP contribution in [0.15, 0.2) is 53.2 Å². The van der Waals surface area contributed by atoms with Crippen LogP contribution in [0.1, 0.15) is 0 Å². The zero-order chi connectivity index (χ0) is 17.2. The number of fused-ring (bicyclic) bond motifs is 1. The summed E-state index contributed by atoms with van der Waals surface area (Å²) in [7, 11) is 0. The molecule has 25 heavy (non-hydrogen) atoms. The highest BCUT2D eigenvalue weighted by atomic mass is 127. The van der Waals surface area contributed by atoms with Crippen LogP contribution in [0, 0.1) is 9.39 Å². The Kier molecular flexibility index (Phi) is 4.14. The highest BCUT2D eigenvalue weighted by molar-refractivity contribution is 14.1. The Hall–Kier alpha value is -2.82. The molecule has 2 heterocycles. The van der Waals surface area contributed by atoms with E-state index in [2.05, 4.69) is 58.1 Å². The normalized spacial score (nSPS) is 10.8. The Bertz CT molecular complexity index is 972. The van der Waals surface area contributed by atoms with Crippen molar-refractivity contribution in [1.82, 2.24) is 20.3 Å². The number of hydrogen-bond donors (Lipinski definition) is 2. The molecule has 0 saturated heterocycles. The zero-order valence-electron chi connectivity index (χ0n) is 12.6. The number of nitrogens with zero attached hydrogens (tertiary/aromatic N) is 4. The molecule has 0 saturated carbocycles. The highest BCUT2D eigenvalue weighted by Gasteiger charge is 2.15. The van der Waals surface area contributed by atoms with E-state index in [4.69, 9.17) is 0 Å². The second kappa shape index (κ2) is 6.59. The van der Waals surface area contributed by atoms with Crippen LogP contribution in [0.2, 0.25) is 0 Å². The molecule has 0 radical (unpaired) electrons. The van der Waals surface area contributed by atoms with E-state index in [-0.39, 0.29) is 17.0 Å². The van der Waals surface area contributed by atoms with Crippen LogP contribution < -0.4 is 10.6 Å². The van der Waals surface area contributed by atoms with Crippen LogP contribution in [-0.2, 0) is 0 Å².